The van der Waals surface area contributed by atoms with Gasteiger partial charge in [-0.15, -0.1) is 0 Å². The van der Waals surface area contributed by atoms with Gasteiger partial charge in [0.25, 0.3) is 0 Å². The SMILES string of the molecule is O=C(O)CCCCCNc1nc(Cl)nc(Cl)n1. The summed E-state index contributed by atoms with van der Waals surface area (Å²) in [5.74, 6) is -0.442. The molecule has 0 spiro atoms. The number of nitrogens with zero attached hydrogens (tertiary/aromatic N) is 3. The Labute approximate surface area is 108 Å². The van der Waals surface area contributed by atoms with E-state index in [2.05, 4.69) is 20.3 Å². The Morgan fingerprint density at radius 1 is 1.12 bits per heavy atom. The Kier molecular flexibility index (Phi) is 5.93. The smallest absolute Gasteiger partial charge is 0.303 e. The standard InChI is InChI=1S/C9H12Cl2N4O2/c10-7-13-8(11)15-9(14-7)12-5-3-1-2-4-6(16)17/h1-5H2,(H,16,17)(H,12,13,14,15). The number of unbranched alkanes of at least 4 members (excludes halogenated alkanes) is 2. The van der Waals surface area contributed by atoms with Crippen molar-refractivity contribution in [1.29, 1.82) is 0 Å². The van der Waals surface area contributed by atoms with E-state index in [1.807, 2.05) is 0 Å². The van der Waals surface area contributed by atoms with Crippen LogP contribution in [0.5, 0.6) is 0 Å². The maximum Gasteiger partial charge on any atom is 0.303 e. The maximum absolute atomic E-state index is 10.3. The van der Waals surface area contributed by atoms with Gasteiger partial charge in [0, 0.05) is 13.0 Å². The molecule has 2 N–H and O–H groups in total. The lowest BCUT2D eigenvalue weighted by molar-refractivity contribution is -0.137. The highest BCUT2D eigenvalue weighted by molar-refractivity contribution is 6.31. The first-order valence-electron chi connectivity index (χ1n) is 5.10. The summed E-state index contributed by atoms with van der Waals surface area (Å²) in [4.78, 5) is 21.5. The Balaban J connectivity index is 2.20. The van der Waals surface area contributed by atoms with Gasteiger partial charge in [-0.3, -0.25) is 4.79 Å². The van der Waals surface area contributed by atoms with Crippen LogP contribution < -0.4 is 5.32 Å². The highest BCUT2D eigenvalue weighted by Gasteiger charge is 2.02. The van der Waals surface area contributed by atoms with E-state index in [1.165, 1.54) is 0 Å². The second-order valence-electron chi connectivity index (χ2n) is 3.33. The van der Waals surface area contributed by atoms with Gasteiger partial charge in [0.1, 0.15) is 0 Å². The van der Waals surface area contributed by atoms with Crippen LogP contribution in [-0.2, 0) is 4.79 Å². The average Bonchev–Trinajstić information content (AvgIpc) is 2.21. The van der Waals surface area contributed by atoms with Gasteiger partial charge < -0.3 is 10.4 Å². The van der Waals surface area contributed by atoms with E-state index in [9.17, 15) is 4.79 Å². The fourth-order valence-corrected chi connectivity index (χ4v) is 1.55. The summed E-state index contributed by atoms with van der Waals surface area (Å²) in [5, 5.41) is 11.5. The summed E-state index contributed by atoms with van der Waals surface area (Å²) in [6, 6.07) is 0. The molecule has 0 saturated carbocycles. The van der Waals surface area contributed by atoms with Gasteiger partial charge >= 0.3 is 5.97 Å². The normalized spacial score (nSPS) is 10.2. The van der Waals surface area contributed by atoms with Crippen LogP contribution in [0.15, 0.2) is 0 Å². The van der Waals surface area contributed by atoms with Crippen LogP contribution in [0.1, 0.15) is 25.7 Å². The number of carboxylic acid groups (broad SMARTS) is 1. The van der Waals surface area contributed by atoms with Crippen molar-refractivity contribution in [3.05, 3.63) is 10.6 Å². The molecule has 0 aliphatic heterocycles. The quantitative estimate of drug-likeness (QED) is 0.744. The summed E-state index contributed by atoms with van der Waals surface area (Å²) in [6.07, 6.45) is 2.51. The molecule has 0 aromatic carbocycles. The van der Waals surface area contributed by atoms with Crippen LogP contribution >= 0.6 is 23.2 Å². The maximum atomic E-state index is 10.3. The molecule has 1 aromatic heterocycles. The van der Waals surface area contributed by atoms with Crippen LogP contribution in [-0.4, -0.2) is 32.6 Å². The Morgan fingerprint density at radius 2 is 1.76 bits per heavy atom. The largest absolute Gasteiger partial charge is 0.481 e. The molecule has 0 saturated heterocycles. The predicted molar refractivity (Wildman–Crippen MR) is 64.4 cm³/mol. The number of carbonyl (C=O) groups is 1. The molecule has 6 nitrogen and oxygen atoms in total. The number of rotatable bonds is 7. The monoisotopic (exact) mass is 278 g/mol. The number of hydrogen-bond acceptors (Lipinski definition) is 5. The summed E-state index contributed by atoms with van der Waals surface area (Å²) in [7, 11) is 0. The summed E-state index contributed by atoms with van der Waals surface area (Å²) < 4.78 is 0. The molecule has 1 rings (SSSR count). The topological polar surface area (TPSA) is 88.0 Å². The van der Waals surface area contributed by atoms with E-state index in [0.717, 1.165) is 12.8 Å². The minimum Gasteiger partial charge on any atom is -0.481 e. The van der Waals surface area contributed by atoms with Gasteiger partial charge in [-0.05, 0) is 36.0 Å². The fraction of sp³-hybridized carbons (Fsp3) is 0.556. The first-order chi connectivity index (χ1) is 8.08. The third-order valence-electron chi connectivity index (χ3n) is 1.93. The van der Waals surface area contributed by atoms with Crippen molar-refractivity contribution in [3.63, 3.8) is 0 Å². The molecule has 0 radical (unpaired) electrons. The van der Waals surface area contributed by atoms with E-state index < -0.39 is 5.97 Å². The molecule has 0 amide bonds. The van der Waals surface area contributed by atoms with E-state index >= 15 is 0 Å². The first kappa shape index (κ1) is 13.9. The van der Waals surface area contributed by atoms with E-state index in [4.69, 9.17) is 28.3 Å². The van der Waals surface area contributed by atoms with Crippen molar-refractivity contribution in [2.45, 2.75) is 25.7 Å². The van der Waals surface area contributed by atoms with Gasteiger partial charge in [-0.1, -0.05) is 6.42 Å². The molecule has 0 fully saturated rings. The minimum atomic E-state index is -0.769. The van der Waals surface area contributed by atoms with Crippen molar-refractivity contribution in [1.82, 2.24) is 15.0 Å². The molecule has 0 bridgehead atoms. The van der Waals surface area contributed by atoms with Crippen molar-refractivity contribution in [3.8, 4) is 0 Å². The van der Waals surface area contributed by atoms with Crippen LogP contribution in [0.2, 0.25) is 10.6 Å². The van der Waals surface area contributed by atoms with Crippen molar-refractivity contribution in [2.75, 3.05) is 11.9 Å². The first-order valence-corrected chi connectivity index (χ1v) is 5.86. The number of hydrogen-bond donors (Lipinski definition) is 2. The van der Waals surface area contributed by atoms with Gasteiger partial charge in [0.15, 0.2) is 0 Å². The van der Waals surface area contributed by atoms with Gasteiger partial charge in [-0.25, -0.2) is 0 Å². The highest BCUT2D eigenvalue weighted by Crippen LogP contribution is 2.09. The Morgan fingerprint density at radius 3 is 2.35 bits per heavy atom. The Hall–Kier alpha value is -1.14. The van der Waals surface area contributed by atoms with E-state index in [-0.39, 0.29) is 17.0 Å². The third kappa shape index (κ3) is 6.23. The summed E-state index contributed by atoms with van der Waals surface area (Å²) in [6.45, 7) is 0.635. The second-order valence-corrected chi connectivity index (χ2v) is 4.00. The number of halogens is 2. The lowest BCUT2D eigenvalue weighted by Gasteiger charge is -2.04. The zero-order valence-electron chi connectivity index (χ0n) is 8.99. The highest BCUT2D eigenvalue weighted by atomic mass is 35.5. The molecule has 1 heterocycles. The van der Waals surface area contributed by atoms with Gasteiger partial charge in [-0.2, -0.15) is 15.0 Å². The Bertz CT molecular complexity index is 369. The lowest BCUT2D eigenvalue weighted by atomic mass is 10.2. The van der Waals surface area contributed by atoms with Gasteiger partial charge in [0.05, 0.1) is 0 Å². The van der Waals surface area contributed by atoms with Crippen LogP contribution in [0.4, 0.5) is 5.95 Å². The zero-order chi connectivity index (χ0) is 12.7. The summed E-state index contributed by atoms with van der Waals surface area (Å²) in [5.41, 5.74) is 0. The molecule has 0 atom stereocenters. The van der Waals surface area contributed by atoms with Crippen LogP contribution in [0, 0.1) is 0 Å². The van der Waals surface area contributed by atoms with Crippen molar-refractivity contribution < 1.29 is 9.90 Å². The van der Waals surface area contributed by atoms with Crippen molar-refractivity contribution in [2.24, 2.45) is 0 Å². The number of aromatic nitrogens is 3. The number of carboxylic acids is 1. The van der Waals surface area contributed by atoms with Gasteiger partial charge in [0.2, 0.25) is 16.5 Å². The number of aliphatic carboxylic acids is 1. The lowest BCUT2D eigenvalue weighted by Crippen LogP contribution is -2.06. The van der Waals surface area contributed by atoms with Crippen LogP contribution in [0.3, 0.4) is 0 Å². The molecule has 17 heavy (non-hydrogen) atoms. The third-order valence-corrected chi connectivity index (χ3v) is 2.27. The second kappa shape index (κ2) is 7.24. The van der Waals surface area contributed by atoms with E-state index in [0.29, 0.717) is 18.9 Å². The molecule has 0 aliphatic rings. The molecule has 0 aliphatic carbocycles. The molecule has 1 aromatic rings. The predicted octanol–water partition coefficient (Wildman–Crippen LogP) is 2.24. The van der Waals surface area contributed by atoms with Crippen LogP contribution in [0.25, 0.3) is 0 Å². The molecule has 8 heteroatoms. The van der Waals surface area contributed by atoms with Crippen molar-refractivity contribution >= 4 is 35.1 Å². The van der Waals surface area contributed by atoms with E-state index in [1.54, 1.807) is 0 Å². The summed E-state index contributed by atoms with van der Waals surface area (Å²) >= 11 is 11.2. The molecule has 0 unspecified atom stereocenters. The minimum absolute atomic E-state index is 0.0402. The molecule has 94 valence electrons. The molecular weight excluding hydrogens is 267 g/mol. The fourth-order valence-electron chi connectivity index (χ4n) is 1.18. The molecular formula is C9H12Cl2N4O2. The number of anilines is 1. The average molecular weight is 279 g/mol. The number of nitrogens with one attached hydrogen (secondary N) is 1. The zero-order valence-corrected chi connectivity index (χ0v) is 10.5.